The van der Waals surface area contributed by atoms with Gasteiger partial charge in [-0.1, -0.05) is 6.07 Å². The minimum atomic E-state index is 0.875. The first-order chi connectivity index (χ1) is 8.15. The van der Waals surface area contributed by atoms with Crippen molar-refractivity contribution in [1.82, 2.24) is 9.97 Å². The van der Waals surface area contributed by atoms with Crippen molar-refractivity contribution in [2.45, 2.75) is 20.8 Å². The number of furan rings is 1. The van der Waals surface area contributed by atoms with Crippen molar-refractivity contribution in [2.75, 3.05) is 0 Å². The van der Waals surface area contributed by atoms with E-state index in [0.717, 1.165) is 28.2 Å². The molecule has 1 N–H and O–H groups in total. The minimum Gasteiger partial charge on any atom is -0.469 e. The molecule has 2 aromatic heterocycles. The van der Waals surface area contributed by atoms with Crippen molar-refractivity contribution in [3.05, 3.63) is 41.3 Å². The molecule has 3 nitrogen and oxygen atoms in total. The van der Waals surface area contributed by atoms with Gasteiger partial charge in [-0.3, -0.25) is 0 Å². The third-order valence-electron chi connectivity index (χ3n) is 3.04. The molecular formula is C14H14N2O. The van der Waals surface area contributed by atoms with Gasteiger partial charge in [-0.2, -0.15) is 0 Å². The maximum atomic E-state index is 5.31. The molecule has 0 bridgehead atoms. The Bertz CT molecular complexity index is 691. The number of hydrogen-bond donors (Lipinski definition) is 1. The Morgan fingerprint density at radius 3 is 2.71 bits per heavy atom. The summed E-state index contributed by atoms with van der Waals surface area (Å²) in [5.41, 5.74) is 5.58. The lowest BCUT2D eigenvalue weighted by Gasteiger charge is -1.96. The van der Waals surface area contributed by atoms with E-state index in [-0.39, 0.29) is 0 Å². The van der Waals surface area contributed by atoms with E-state index in [0.29, 0.717) is 0 Å². The van der Waals surface area contributed by atoms with Gasteiger partial charge in [0.25, 0.3) is 0 Å². The summed E-state index contributed by atoms with van der Waals surface area (Å²) in [6.07, 6.45) is 1.69. The first kappa shape index (κ1) is 10.1. The summed E-state index contributed by atoms with van der Waals surface area (Å²) >= 11 is 0. The van der Waals surface area contributed by atoms with Gasteiger partial charge in [-0.15, -0.1) is 0 Å². The Kier molecular flexibility index (Phi) is 2.08. The second-order valence-electron chi connectivity index (χ2n) is 4.45. The number of fused-ring (bicyclic) bond motifs is 1. The van der Waals surface area contributed by atoms with Crippen molar-refractivity contribution in [3.8, 4) is 11.4 Å². The van der Waals surface area contributed by atoms with Crippen LogP contribution in [0.15, 0.2) is 28.9 Å². The molecule has 0 radical (unpaired) electrons. The normalized spacial score (nSPS) is 11.2. The van der Waals surface area contributed by atoms with Crippen LogP contribution in [-0.4, -0.2) is 9.97 Å². The Balaban J connectivity index is 2.27. The van der Waals surface area contributed by atoms with Gasteiger partial charge < -0.3 is 9.40 Å². The van der Waals surface area contributed by atoms with E-state index >= 15 is 0 Å². The Labute approximate surface area is 99.5 Å². The first-order valence-electron chi connectivity index (χ1n) is 5.66. The number of imidazole rings is 1. The molecule has 3 rings (SSSR count). The van der Waals surface area contributed by atoms with Crippen molar-refractivity contribution in [2.24, 2.45) is 0 Å². The second-order valence-corrected chi connectivity index (χ2v) is 4.45. The van der Waals surface area contributed by atoms with Gasteiger partial charge >= 0.3 is 0 Å². The lowest BCUT2D eigenvalue weighted by atomic mass is 10.1. The SMILES string of the molecule is Cc1cc(C)c2nc(-c3ccoc3C)[nH]c2c1. The van der Waals surface area contributed by atoms with Crippen molar-refractivity contribution in [1.29, 1.82) is 0 Å². The van der Waals surface area contributed by atoms with Crippen LogP contribution in [0.1, 0.15) is 16.9 Å². The second kappa shape index (κ2) is 3.48. The van der Waals surface area contributed by atoms with E-state index in [4.69, 9.17) is 4.42 Å². The van der Waals surface area contributed by atoms with Gasteiger partial charge in [0.2, 0.25) is 0 Å². The van der Waals surface area contributed by atoms with Crippen LogP contribution in [0.2, 0.25) is 0 Å². The highest BCUT2D eigenvalue weighted by atomic mass is 16.3. The van der Waals surface area contributed by atoms with Crippen molar-refractivity contribution >= 4 is 11.0 Å². The number of H-pyrrole nitrogens is 1. The monoisotopic (exact) mass is 226 g/mol. The van der Waals surface area contributed by atoms with Gasteiger partial charge in [0.15, 0.2) is 0 Å². The van der Waals surface area contributed by atoms with Crippen molar-refractivity contribution < 1.29 is 4.42 Å². The molecule has 17 heavy (non-hydrogen) atoms. The molecule has 0 amide bonds. The molecule has 3 heteroatoms. The van der Waals surface area contributed by atoms with E-state index in [1.165, 1.54) is 11.1 Å². The molecule has 0 aliphatic carbocycles. The molecule has 1 aromatic carbocycles. The van der Waals surface area contributed by atoms with E-state index in [1.54, 1.807) is 6.26 Å². The van der Waals surface area contributed by atoms with Gasteiger partial charge in [0.05, 0.1) is 22.9 Å². The summed E-state index contributed by atoms with van der Waals surface area (Å²) in [5, 5.41) is 0. The van der Waals surface area contributed by atoms with E-state index in [2.05, 4.69) is 35.9 Å². The molecule has 0 aliphatic rings. The molecule has 3 aromatic rings. The summed E-state index contributed by atoms with van der Waals surface area (Å²) in [6, 6.07) is 6.21. The lowest BCUT2D eigenvalue weighted by molar-refractivity contribution is 0.535. The third-order valence-corrected chi connectivity index (χ3v) is 3.04. The molecule has 0 aliphatic heterocycles. The Morgan fingerprint density at radius 2 is 2.00 bits per heavy atom. The van der Waals surface area contributed by atoms with Crippen LogP contribution in [0.25, 0.3) is 22.4 Å². The first-order valence-corrected chi connectivity index (χ1v) is 5.66. The largest absolute Gasteiger partial charge is 0.469 e. The number of hydrogen-bond acceptors (Lipinski definition) is 2. The van der Waals surface area contributed by atoms with Gasteiger partial charge in [-0.25, -0.2) is 4.98 Å². The van der Waals surface area contributed by atoms with Crippen LogP contribution >= 0.6 is 0 Å². The molecule has 0 fully saturated rings. The molecule has 0 saturated heterocycles. The molecule has 0 atom stereocenters. The average molecular weight is 226 g/mol. The number of aromatic nitrogens is 2. The van der Waals surface area contributed by atoms with Crippen LogP contribution in [0.5, 0.6) is 0 Å². The Morgan fingerprint density at radius 1 is 1.18 bits per heavy atom. The highest BCUT2D eigenvalue weighted by molar-refractivity contribution is 5.83. The molecule has 0 spiro atoms. The fraction of sp³-hybridized carbons (Fsp3) is 0.214. The third kappa shape index (κ3) is 1.55. The summed E-state index contributed by atoms with van der Waals surface area (Å²) in [7, 11) is 0. The standard InChI is InChI=1S/C14H14N2O/c1-8-6-9(2)13-12(7-8)15-14(16-13)11-4-5-17-10(11)3/h4-7H,1-3H3,(H,15,16). The molecule has 0 unspecified atom stereocenters. The van der Waals surface area contributed by atoms with E-state index in [1.807, 2.05) is 13.0 Å². The zero-order valence-electron chi connectivity index (χ0n) is 10.2. The average Bonchev–Trinajstić information content (AvgIpc) is 2.83. The molecular weight excluding hydrogens is 212 g/mol. The topological polar surface area (TPSA) is 41.8 Å². The van der Waals surface area contributed by atoms with Gasteiger partial charge in [0, 0.05) is 0 Å². The number of rotatable bonds is 1. The number of aromatic amines is 1. The molecule has 0 saturated carbocycles. The smallest absolute Gasteiger partial charge is 0.142 e. The summed E-state index contributed by atoms with van der Waals surface area (Å²) in [6.45, 7) is 6.12. The number of nitrogens with zero attached hydrogens (tertiary/aromatic N) is 1. The number of aryl methyl sites for hydroxylation is 3. The van der Waals surface area contributed by atoms with Crippen LogP contribution in [0, 0.1) is 20.8 Å². The highest BCUT2D eigenvalue weighted by Gasteiger charge is 2.11. The fourth-order valence-corrected chi connectivity index (χ4v) is 2.23. The number of nitrogens with one attached hydrogen (secondary N) is 1. The lowest BCUT2D eigenvalue weighted by Crippen LogP contribution is -1.79. The van der Waals surface area contributed by atoms with Crippen molar-refractivity contribution in [3.63, 3.8) is 0 Å². The quantitative estimate of drug-likeness (QED) is 0.686. The van der Waals surface area contributed by atoms with Crippen LogP contribution < -0.4 is 0 Å². The zero-order valence-corrected chi connectivity index (χ0v) is 10.2. The molecule has 86 valence electrons. The van der Waals surface area contributed by atoms with Crippen LogP contribution in [0.4, 0.5) is 0 Å². The number of benzene rings is 1. The Hall–Kier alpha value is -2.03. The minimum absolute atomic E-state index is 0.875. The maximum Gasteiger partial charge on any atom is 0.142 e. The summed E-state index contributed by atoms with van der Waals surface area (Å²) in [4.78, 5) is 7.99. The summed E-state index contributed by atoms with van der Waals surface area (Å²) in [5.74, 6) is 1.76. The van der Waals surface area contributed by atoms with E-state index in [9.17, 15) is 0 Å². The fourth-order valence-electron chi connectivity index (χ4n) is 2.23. The predicted molar refractivity (Wildman–Crippen MR) is 68.0 cm³/mol. The van der Waals surface area contributed by atoms with Gasteiger partial charge in [-0.05, 0) is 44.0 Å². The van der Waals surface area contributed by atoms with Crippen LogP contribution in [0.3, 0.4) is 0 Å². The molecule has 2 heterocycles. The zero-order chi connectivity index (χ0) is 12.0. The maximum absolute atomic E-state index is 5.31. The van der Waals surface area contributed by atoms with Crippen LogP contribution in [-0.2, 0) is 0 Å². The summed E-state index contributed by atoms with van der Waals surface area (Å²) < 4.78 is 5.31. The van der Waals surface area contributed by atoms with E-state index < -0.39 is 0 Å². The predicted octanol–water partition coefficient (Wildman–Crippen LogP) is 3.75. The highest BCUT2D eigenvalue weighted by Crippen LogP contribution is 2.26. The van der Waals surface area contributed by atoms with Gasteiger partial charge in [0.1, 0.15) is 11.6 Å².